The number of benzene rings is 1. The van der Waals surface area contributed by atoms with Gasteiger partial charge in [0.25, 0.3) is 5.91 Å². The maximum atomic E-state index is 12.3. The molecular formula is C15H18N4O3. The van der Waals surface area contributed by atoms with Gasteiger partial charge in [-0.2, -0.15) is 5.10 Å². The number of anilines is 1. The lowest BCUT2D eigenvalue weighted by Gasteiger charge is -2.09. The Balaban J connectivity index is 2.30. The predicted octanol–water partition coefficient (Wildman–Crippen LogP) is 1.23. The van der Waals surface area contributed by atoms with Crippen LogP contribution in [0.3, 0.4) is 0 Å². The van der Waals surface area contributed by atoms with Gasteiger partial charge in [0, 0.05) is 19.3 Å². The molecule has 7 nitrogen and oxygen atoms in total. The average molecular weight is 302 g/mol. The number of methoxy groups -OCH3 is 1. The third-order valence-electron chi connectivity index (χ3n) is 3.14. The first kappa shape index (κ1) is 15.7. The lowest BCUT2D eigenvalue weighted by Crippen LogP contribution is -2.17. The van der Waals surface area contributed by atoms with E-state index in [1.807, 2.05) is 0 Å². The van der Waals surface area contributed by atoms with E-state index in [4.69, 9.17) is 10.5 Å². The Morgan fingerprint density at radius 1 is 1.32 bits per heavy atom. The number of amides is 1. The Hall–Kier alpha value is -2.67. The molecule has 0 spiro atoms. The summed E-state index contributed by atoms with van der Waals surface area (Å²) in [6.45, 7) is 2.06. The molecule has 0 aliphatic rings. The average Bonchev–Trinajstić information content (AvgIpc) is 2.84. The van der Waals surface area contributed by atoms with Crippen LogP contribution in [-0.4, -0.2) is 28.8 Å². The van der Waals surface area contributed by atoms with Gasteiger partial charge in [0.1, 0.15) is 5.69 Å². The van der Waals surface area contributed by atoms with Gasteiger partial charge in [-0.05, 0) is 36.8 Å². The molecule has 0 fully saturated rings. The quantitative estimate of drug-likeness (QED) is 0.827. The van der Waals surface area contributed by atoms with Gasteiger partial charge in [0.05, 0.1) is 18.4 Å². The van der Waals surface area contributed by atoms with Crippen molar-refractivity contribution in [1.29, 1.82) is 0 Å². The molecule has 116 valence electrons. The Morgan fingerprint density at radius 2 is 2.05 bits per heavy atom. The molecule has 2 aromatic rings. The molecule has 0 aliphatic carbocycles. The van der Waals surface area contributed by atoms with Crippen LogP contribution in [0.15, 0.2) is 24.3 Å². The SMILES string of the molecule is COC(=O)c1cc(CN)cc(NC(=O)c2cc(C)nn2C)c1. The van der Waals surface area contributed by atoms with Crippen molar-refractivity contribution >= 4 is 17.6 Å². The van der Waals surface area contributed by atoms with Crippen molar-refractivity contribution in [2.75, 3.05) is 12.4 Å². The predicted molar refractivity (Wildman–Crippen MR) is 81.6 cm³/mol. The highest BCUT2D eigenvalue weighted by atomic mass is 16.5. The minimum Gasteiger partial charge on any atom is -0.465 e. The normalized spacial score (nSPS) is 10.4. The van der Waals surface area contributed by atoms with Crippen LogP contribution in [0.2, 0.25) is 0 Å². The van der Waals surface area contributed by atoms with E-state index in [9.17, 15) is 9.59 Å². The minimum absolute atomic E-state index is 0.249. The molecule has 2 rings (SSSR count). The number of esters is 1. The van der Waals surface area contributed by atoms with Crippen molar-refractivity contribution in [1.82, 2.24) is 9.78 Å². The first-order valence-electron chi connectivity index (χ1n) is 6.69. The van der Waals surface area contributed by atoms with E-state index in [-0.39, 0.29) is 12.5 Å². The molecule has 0 bridgehead atoms. The van der Waals surface area contributed by atoms with E-state index in [0.717, 1.165) is 11.3 Å². The first-order valence-corrected chi connectivity index (χ1v) is 6.69. The Kier molecular flexibility index (Phi) is 4.57. The highest BCUT2D eigenvalue weighted by Gasteiger charge is 2.14. The molecule has 0 unspecified atom stereocenters. The lowest BCUT2D eigenvalue weighted by atomic mass is 10.1. The molecule has 1 heterocycles. The Bertz CT molecular complexity index is 722. The summed E-state index contributed by atoms with van der Waals surface area (Å²) in [5, 5.41) is 6.87. The number of rotatable bonds is 4. The van der Waals surface area contributed by atoms with Gasteiger partial charge in [-0.25, -0.2) is 4.79 Å². The molecule has 1 aromatic carbocycles. The fourth-order valence-electron chi connectivity index (χ4n) is 2.14. The lowest BCUT2D eigenvalue weighted by molar-refractivity contribution is 0.0600. The van der Waals surface area contributed by atoms with E-state index in [1.165, 1.54) is 11.8 Å². The summed E-state index contributed by atoms with van der Waals surface area (Å²) in [7, 11) is 2.99. The largest absolute Gasteiger partial charge is 0.465 e. The van der Waals surface area contributed by atoms with Crippen LogP contribution < -0.4 is 11.1 Å². The van der Waals surface area contributed by atoms with Crippen molar-refractivity contribution in [3.8, 4) is 0 Å². The molecule has 0 aliphatic heterocycles. The molecule has 3 N–H and O–H groups in total. The number of ether oxygens (including phenoxy) is 1. The second-order valence-corrected chi connectivity index (χ2v) is 4.86. The van der Waals surface area contributed by atoms with E-state index in [1.54, 1.807) is 38.2 Å². The molecule has 1 aromatic heterocycles. The summed E-state index contributed by atoms with van der Waals surface area (Å²) in [5.41, 5.74) is 8.33. The maximum absolute atomic E-state index is 12.3. The van der Waals surface area contributed by atoms with Crippen LogP contribution in [-0.2, 0) is 18.3 Å². The Labute approximate surface area is 128 Å². The number of nitrogens with two attached hydrogens (primary N) is 1. The van der Waals surface area contributed by atoms with Crippen molar-refractivity contribution in [3.63, 3.8) is 0 Å². The van der Waals surface area contributed by atoms with Gasteiger partial charge >= 0.3 is 5.97 Å². The first-order chi connectivity index (χ1) is 10.4. The number of carbonyl (C=O) groups excluding carboxylic acids is 2. The Morgan fingerprint density at radius 3 is 2.59 bits per heavy atom. The number of aromatic nitrogens is 2. The summed E-state index contributed by atoms with van der Waals surface area (Å²) < 4.78 is 6.19. The van der Waals surface area contributed by atoms with Crippen LogP contribution in [0.5, 0.6) is 0 Å². The molecule has 0 saturated carbocycles. The van der Waals surface area contributed by atoms with E-state index in [2.05, 4.69) is 10.4 Å². The summed E-state index contributed by atoms with van der Waals surface area (Å²) in [5.74, 6) is -0.796. The summed E-state index contributed by atoms with van der Waals surface area (Å²) in [6.07, 6.45) is 0. The number of hydrogen-bond donors (Lipinski definition) is 2. The van der Waals surface area contributed by atoms with Gasteiger partial charge in [-0.15, -0.1) is 0 Å². The zero-order valence-corrected chi connectivity index (χ0v) is 12.7. The fraction of sp³-hybridized carbons (Fsp3) is 0.267. The number of nitrogens with zero attached hydrogens (tertiary/aromatic N) is 2. The molecule has 7 heteroatoms. The number of aryl methyl sites for hydroxylation is 2. The fourth-order valence-corrected chi connectivity index (χ4v) is 2.14. The number of carbonyl (C=O) groups is 2. The smallest absolute Gasteiger partial charge is 0.337 e. The summed E-state index contributed by atoms with van der Waals surface area (Å²) in [4.78, 5) is 23.9. The molecule has 22 heavy (non-hydrogen) atoms. The van der Waals surface area contributed by atoms with Crippen LogP contribution in [0.25, 0.3) is 0 Å². The molecule has 0 atom stereocenters. The van der Waals surface area contributed by atoms with Gasteiger partial charge in [-0.3, -0.25) is 9.48 Å². The van der Waals surface area contributed by atoms with Crippen LogP contribution in [0.1, 0.15) is 32.1 Å². The van der Waals surface area contributed by atoms with Crippen LogP contribution >= 0.6 is 0 Å². The summed E-state index contributed by atoms with van der Waals surface area (Å²) in [6, 6.07) is 6.58. The monoisotopic (exact) mass is 302 g/mol. The van der Waals surface area contributed by atoms with Gasteiger partial charge < -0.3 is 15.8 Å². The minimum atomic E-state index is -0.484. The topological polar surface area (TPSA) is 99.2 Å². The molecule has 0 saturated heterocycles. The van der Waals surface area contributed by atoms with Crippen molar-refractivity contribution in [3.05, 3.63) is 46.8 Å². The zero-order chi connectivity index (χ0) is 16.3. The second-order valence-electron chi connectivity index (χ2n) is 4.86. The van der Waals surface area contributed by atoms with Gasteiger partial charge in [0.15, 0.2) is 0 Å². The molecular weight excluding hydrogens is 284 g/mol. The van der Waals surface area contributed by atoms with Crippen molar-refractivity contribution < 1.29 is 14.3 Å². The van der Waals surface area contributed by atoms with Crippen LogP contribution in [0.4, 0.5) is 5.69 Å². The van der Waals surface area contributed by atoms with E-state index < -0.39 is 5.97 Å². The standard InChI is InChI=1S/C15H18N4O3/c1-9-4-13(19(2)18-9)14(20)17-12-6-10(8-16)5-11(7-12)15(21)22-3/h4-7H,8,16H2,1-3H3,(H,17,20). The van der Waals surface area contributed by atoms with Crippen molar-refractivity contribution in [2.24, 2.45) is 12.8 Å². The van der Waals surface area contributed by atoms with Gasteiger partial charge in [0.2, 0.25) is 0 Å². The third kappa shape index (κ3) is 3.32. The van der Waals surface area contributed by atoms with E-state index in [0.29, 0.717) is 16.9 Å². The number of hydrogen-bond acceptors (Lipinski definition) is 5. The third-order valence-corrected chi connectivity index (χ3v) is 3.14. The summed E-state index contributed by atoms with van der Waals surface area (Å²) >= 11 is 0. The second kappa shape index (κ2) is 6.40. The maximum Gasteiger partial charge on any atom is 0.337 e. The highest BCUT2D eigenvalue weighted by molar-refractivity contribution is 6.04. The highest BCUT2D eigenvalue weighted by Crippen LogP contribution is 2.17. The van der Waals surface area contributed by atoms with Crippen LogP contribution in [0, 0.1) is 6.92 Å². The number of nitrogens with one attached hydrogen (secondary N) is 1. The molecule has 1 amide bonds. The van der Waals surface area contributed by atoms with E-state index >= 15 is 0 Å². The molecule has 0 radical (unpaired) electrons. The van der Waals surface area contributed by atoms with Crippen molar-refractivity contribution in [2.45, 2.75) is 13.5 Å². The zero-order valence-electron chi connectivity index (χ0n) is 12.7. The van der Waals surface area contributed by atoms with Gasteiger partial charge in [-0.1, -0.05) is 0 Å².